The molecule has 118 valence electrons. The van der Waals surface area contributed by atoms with E-state index >= 15 is 0 Å². The Balaban J connectivity index is 1.53. The van der Waals surface area contributed by atoms with Crippen molar-refractivity contribution < 1.29 is 29.1 Å². The number of carbonyl (C=O) groups excluding carboxylic acids is 3. The number of carboxylic acid groups (broad SMARTS) is 1. The lowest BCUT2D eigenvalue weighted by Gasteiger charge is -2.15. The van der Waals surface area contributed by atoms with Gasteiger partial charge in [0.05, 0.1) is 11.8 Å². The Kier molecular flexibility index (Phi) is 3.72. The molecule has 3 aliphatic rings. The van der Waals surface area contributed by atoms with Gasteiger partial charge >= 0.3 is 11.9 Å². The van der Waals surface area contributed by atoms with E-state index in [9.17, 15) is 19.2 Å². The third kappa shape index (κ3) is 2.40. The summed E-state index contributed by atoms with van der Waals surface area (Å²) in [4.78, 5) is 51.5. The molecule has 0 spiro atoms. The van der Waals surface area contributed by atoms with Crippen molar-refractivity contribution >= 4 is 23.8 Å². The Hall–Kier alpha value is -2.18. The zero-order valence-electron chi connectivity index (χ0n) is 11.9. The van der Waals surface area contributed by atoms with Crippen LogP contribution in [0.4, 0.5) is 0 Å². The molecule has 2 amide bonds. The zero-order valence-corrected chi connectivity index (χ0v) is 11.9. The largest absolute Gasteiger partial charge is 0.481 e. The number of fused-ring (bicyclic) bond motifs is 5. The number of hydrogen-bond donors (Lipinski definition) is 1. The van der Waals surface area contributed by atoms with Gasteiger partial charge in [-0.2, -0.15) is 0 Å². The molecule has 1 saturated heterocycles. The molecule has 1 aliphatic heterocycles. The fourth-order valence-electron chi connectivity index (χ4n) is 3.66. The van der Waals surface area contributed by atoms with Gasteiger partial charge in [-0.05, 0) is 31.1 Å². The van der Waals surface area contributed by atoms with E-state index in [2.05, 4.69) is 0 Å². The third-order valence-corrected chi connectivity index (χ3v) is 4.64. The first-order valence-corrected chi connectivity index (χ1v) is 7.47. The van der Waals surface area contributed by atoms with Crippen LogP contribution in [0.3, 0.4) is 0 Å². The maximum atomic E-state index is 12.3. The minimum absolute atomic E-state index is 0.00915. The van der Waals surface area contributed by atoms with Crippen LogP contribution in [0.25, 0.3) is 0 Å². The van der Waals surface area contributed by atoms with E-state index in [1.807, 2.05) is 12.2 Å². The number of amides is 2. The second-order valence-electron chi connectivity index (χ2n) is 6.03. The van der Waals surface area contributed by atoms with Gasteiger partial charge in [-0.15, -0.1) is 5.06 Å². The van der Waals surface area contributed by atoms with Crippen molar-refractivity contribution in [1.29, 1.82) is 0 Å². The summed E-state index contributed by atoms with van der Waals surface area (Å²) in [5, 5.41) is 9.13. The average molecular weight is 307 g/mol. The normalized spacial score (nSPS) is 31.7. The van der Waals surface area contributed by atoms with E-state index in [0.717, 1.165) is 6.42 Å². The second-order valence-corrected chi connectivity index (χ2v) is 6.03. The standard InChI is InChI=1S/C15H17NO6/c17-10(18)3-1-2-4-11(19)22-16-14(20)12-8-5-6-9(7-8)13(12)15(16)21/h5-6,8-9,12-13H,1-4,7H2,(H,17,18). The van der Waals surface area contributed by atoms with E-state index in [0.29, 0.717) is 17.9 Å². The Morgan fingerprint density at radius 3 is 2.18 bits per heavy atom. The van der Waals surface area contributed by atoms with Crippen molar-refractivity contribution in [2.45, 2.75) is 32.1 Å². The highest BCUT2D eigenvalue weighted by molar-refractivity contribution is 6.06. The third-order valence-electron chi connectivity index (χ3n) is 4.64. The topological polar surface area (TPSA) is 101 Å². The van der Waals surface area contributed by atoms with Crippen molar-refractivity contribution in [3.8, 4) is 0 Å². The first kappa shape index (κ1) is 14.7. The first-order chi connectivity index (χ1) is 10.5. The Morgan fingerprint density at radius 2 is 1.64 bits per heavy atom. The summed E-state index contributed by atoms with van der Waals surface area (Å²) in [6.07, 6.45) is 5.43. The molecule has 2 fully saturated rings. The van der Waals surface area contributed by atoms with Gasteiger partial charge < -0.3 is 9.94 Å². The highest BCUT2D eigenvalue weighted by atomic mass is 16.7. The maximum Gasteiger partial charge on any atom is 0.333 e. The smallest absolute Gasteiger partial charge is 0.333 e. The molecule has 4 atom stereocenters. The van der Waals surface area contributed by atoms with Crippen LogP contribution in [0.1, 0.15) is 32.1 Å². The van der Waals surface area contributed by atoms with Crippen LogP contribution >= 0.6 is 0 Å². The summed E-state index contributed by atoms with van der Waals surface area (Å²) >= 11 is 0. The number of hydroxylamine groups is 2. The fraction of sp³-hybridized carbons (Fsp3) is 0.600. The lowest BCUT2D eigenvalue weighted by molar-refractivity contribution is -0.199. The fourth-order valence-corrected chi connectivity index (χ4v) is 3.66. The molecular formula is C15H17NO6. The molecule has 2 aliphatic carbocycles. The number of aliphatic carboxylic acids is 1. The second kappa shape index (κ2) is 5.55. The lowest BCUT2D eigenvalue weighted by atomic mass is 9.85. The van der Waals surface area contributed by atoms with Crippen molar-refractivity contribution in [1.82, 2.24) is 5.06 Å². The SMILES string of the molecule is O=C(O)CCCCC(=O)ON1C(=O)C2C3C=CC(C3)C2C1=O. The molecule has 1 N–H and O–H groups in total. The van der Waals surface area contributed by atoms with Crippen LogP contribution in [0, 0.1) is 23.7 Å². The van der Waals surface area contributed by atoms with Gasteiger partial charge in [0.1, 0.15) is 0 Å². The van der Waals surface area contributed by atoms with Crippen LogP contribution < -0.4 is 0 Å². The number of rotatable bonds is 6. The average Bonchev–Trinajstić information content (AvgIpc) is 3.13. The van der Waals surface area contributed by atoms with Crippen LogP contribution in [0.5, 0.6) is 0 Å². The van der Waals surface area contributed by atoms with Crippen LogP contribution in [-0.2, 0) is 24.0 Å². The molecule has 22 heavy (non-hydrogen) atoms. The summed E-state index contributed by atoms with van der Waals surface area (Å²) in [5.74, 6) is -3.07. The van der Waals surface area contributed by atoms with Crippen LogP contribution in [0.2, 0.25) is 0 Å². The summed E-state index contributed by atoms with van der Waals surface area (Å²) in [7, 11) is 0. The van der Waals surface area contributed by atoms with Gasteiger partial charge in [-0.1, -0.05) is 12.2 Å². The van der Waals surface area contributed by atoms with Gasteiger partial charge in [0.2, 0.25) is 0 Å². The summed E-state index contributed by atoms with van der Waals surface area (Å²) in [6.45, 7) is 0. The number of unbranched alkanes of at least 4 members (excludes halogenated alkanes) is 1. The zero-order chi connectivity index (χ0) is 15.9. The molecule has 1 heterocycles. The van der Waals surface area contributed by atoms with Crippen LogP contribution in [0.15, 0.2) is 12.2 Å². The van der Waals surface area contributed by atoms with E-state index in [1.165, 1.54) is 0 Å². The Morgan fingerprint density at radius 1 is 1.09 bits per heavy atom. The van der Waals surface area contributed by atoms with Crippen molar-refractivity contribution in [2.75, 3.05) is 0 Å². The van der Waals surface area contributed by atoms with E-state index in [1.54, 1.807) is 0 Å². The molecule has 0 radical (unpaired) electrons. The molecule has 2 bridgehead atoms. The van der Waals surface area contributed by atoms with Gasteiger partial charge in [0.15, 0.2) is 0 Å². The summed E-state index contributed by atoms with van der Waals surface area (Å²) in [6, 6.07) is 0. The molecule has 1 saturated carbocycles. The molecular weight excluding hydrogens is 290 g/mol. The van der Waals surface area contributed by atoms with Gasteiger partial charge in [-0.3, -0.25) is 14.4 Å². The molecule has 7 heteroatoms. The highest BCUT2D eigenvalue weighted by Gasteiger charge is 2.60. The number of carboxylic acids is 1. The predicted molar refractivity (Wildman–Crippen MR) is 71.8 cm³/mol. The molecule has 3 rings (SSSR count). The predicted octanol–water partition coefficient (Wildman–Crippen LogP) is 0.897. The summed E-state index contributed by atoms with van der Waals surface area (Å²) in [5.41, 5.74) is 0. The molecule has 0 aromatic carbocycles. The number of imide groups is 1. The number of hydrogen-bond acceptors (Lipinski definition) is 5. The Labute approximate surface area is 126 Å². The number of carbonyl (C=O) groups is 4. The van der Waals surface area contributed by atoms with E-state index in [4.69, 9.17) is 9.94 Å². The minimum atomic E-state index is -0.922. The number of allylic oxidation sites excluding steroid dienone is 2. The molecule has 0 aromatic heterocycles. The first-order valence-electron chi connectivity index (χ1n) is 7.47. The highest BCUT2D eigenvalue weighted by Crippen LogP contribution is 2.52. The van der Waals surface area contributed by atoms with Crippen molar-refractivity contribution in [2.24, 2.45) is 23.7 Å². The van der Waals surface area contributed by atoms with E-state index < -0.39 is 23.8 Å². The molecule has 4 unspecified atom stereocenters. The van der Waals surface area contributed by atoms with Crippen molar-refractivity contribution in [3.05, 3.63) is 12.2 Å². The monoisotopic (exact) mass is 307 g/mol. The molecule has 7 nitrogen and oxygen atoms in total. The van der Waals surface area contributed by atoms with E-state index in [-0.39, 0.29) is 36.5 Å². The van der Waals surface area contributed by atoms with Gasteiger partial charge in [0.25, 0.3) is 11.8 Å². The van der Waals surface area contributed by atoms with Crippen LogP contribution in [-0.4, -0.2) is 33.9 Å². The lowest BCUT2D eigenvalue weighted by Crippen LogP contribution is -2.35. The van der Waals surface area contributed by atoms with Crippen molar-refractivity contribution in [3.63, 3.8) is 0 Å². The maximum absolute atomic E-state index is 12.3. The number of nitrogens with zero attached hydrogens (tertiary/aromatic N) is 1. The summed E-state index contributed by atoms with van der Waals surface area (Å²) < 4.78 is 0. The van der Waals surface area contributed by atoms with Gasteiger partial charge in [-0.25, -0.2) is 4.79 Å². The van der Waals surface area contributed by atoms with Gasteiger partial charge in [0, 0.05) is 12.8 Å². The quantitative estimate of drug-likeness (QED) is 0.444. The minimum Gasteiger partial charge on any atom is -0.481 e. The Bertz CT molecular complexity index is 538. The molecule has 0 aromatic rings.